The molecule has 2 aromatic heterocycles. The van der Waals surface area contributed by atoms with Gasteiger partial charge in [-0.2, -0.15) is 10.4 Å². The van der Waals surface area contributed by atoms with Gasteiger partial charge < -0.3 is 0 Å². The van der Waals surface area contributed by atoms with E-state index in [4.69, 9.17) is 33.3 Å². The Balaban J connectivity index is 1.86. The van der Waals surface area contributed by atoms with E-state index in [1.165, 1.54) is 0 Å². The van der Waals surface area contributed by atoms with Gasteiger partial charge in [-0.05, 0) is 56.2 Å². The Morgan fingerprint density at radius 1 is 1.03 bits per heavy atom. The first kappa shape index (κ1) is 23.8. The van der Waals surface area contributed by atoms with Crippen LogP contribution in [0.3, 0.4) is 0 Å². The predicted molar refractivity (Wildman–Crippen MR) is 140 cm³/mol. The number of halogens is 2. The fourth-order valence-corrected chi connectivity index (χ4v) is 6.57. The zero-order valence-corrected chi connectivity index (χ0v) is 22.0. The molecule has 168 valence electrons. The number of thioether (sulfide) groups is 1. The summed E-state index contributed by atoms with van der Waals surface area (Å²) in [4.78, 5) is 4.98. The molecule has 0 saturated carbocycles. The van der Waals surface area contributed by atoms with Crippen LogP contribution in [0.4, 0.5) is 0 Å². The molecule has 4 rings (SSSR count). The molecule has 4 nitrogen and oxygen atoms in total. The SMILES string of the molecule is Cc1cc(C#N)cc(-c2c(C)nn(-c3nc(-c4ccc(Cl)c(Cl)c4)c(SC(C)C)s3)c2C)c1. The van der Waals surface area contributed by atoms with Crippen LogP contribution in [0.25, 0.3) is 27.5 Å². The van der Waals surface area contributed by atoms with Gasteiger partial charge in [0.15, 0.2) is 0 Å². The van der Waals surface area contributed by atoms with E-state index in [0.29, 0.717) is 20.9 Å². The first-order valence-corrected chi connectivity index (χ1v) is 12.8. The van der Waals surface area contributed by atoms with Crippen LogP contribution in [0.15, 0.2) is 40.6 Å². The van der Waals surface area contributed by atoms with Gasteiger partial charge in [-0.1, -0.05) is 60.5 Å². The number of nitriles is 1. The normalized spacial score (nSPS) is 11.2. The van der Waals surface area contributed by atoms with Crippen LogP contribution in [0, 0.1) is 32.1 Å². The third-order valence-corrected chi connectivity index (χ3v) is 8.07. The topological polar surface area (TPSA) is 54.5 Å². The van der Waals surface area contributed by atoms with Crippen molar-refractivity contribution in [3.63, 3.8) is 0 Å². The standard InChI is InChI=1S/C25H22Cl2N4S2/c1-13(2)32-24-23(18-6-7-20(26)21(27)11-18)29-25(33-24)31-16(5)22(15(4)30-31)19-9-14(3)8-17(10-19)12-28/h6-11,13H,1-5H3. The van der Waals surface area contributed by atoms with Gasteiger partial charge in [0.1, 0.15) is 0 Å². The van der Waals surface area contributed by atoms with Gasteiger partial charge in [0, 0.05) is 16.4 Å². The maximum absolute atomic E-state index is 9.41. The number of nitrogens with zero attached hydrogens (tertiary/aromatic N) is 4. The van der Waals surface area contributed by atoms with Crippen molar-refractivity contribution in [1.29, 1.82) is 5.26 Å². The molecule has 33 heavy (non-hydrogen) atoms. The number of thiazole rings is 1. The van der Waals surface area contributed by atoms with Crippen LogP contribution in [-0.4, -0.2) is 20.0 Å². The molecule has 0 saturated heterocycles. The molecule has 0 amide bonds. The van der Waals surface area contributed by atoms with Crippen molar-refractivity contribution in [2.24, 2.45) is 0 Å². The molecular weight excluding hydrogens is 491 g/mol. The molecule has 0 aliphatic rings. The largest absolute Gasteiger partial charge is 0.217 e. The van der Waals surface area contributed by atoms with E-state index in [1.54, 1.807) is 29.2 Å². The van der Waals surface area contributed by atoms with Crippen molar-refractivity contribution in [3.05, 3.63) is 69.0 Å². The van der Waals surface area contributed by atoms with Crippen molar-refractivity contribution in [3.8, 4) is 33.6 Å². The summed E-state index contributed by atoms with van der Waals surface area (Å²) in [5.74, 6) is 0. The maximum atomic E-state index is 9.41. The lowest BCUT2D eigenvalue weighted by molar-refractivity contribution is 0.826. The van der Waals surface area contributed by atoms with Crippen LogP contribution in [0.2, 0.25) is 10.0 Å². The van der Waals surface area contributed by atoms with Crippen LogP contribution >= 0.6 is 46.3 Å². The van der Waals surface area contributed by atoms with Gasteiger partial charge >= 0.3 is 0 Å². The molecular formula is C25H22Cl2N4S2. The van der Waals surface area contributed by atoms with E-state index in [9.17, 15) is 5.26 Å². The molecule has 0 fully saturated rings. The third kappa shape index (κ3) is 4.83. The lowest BCUT2D eigenvalue weighted by Crippen LogP contribution is -1.98. The van der Waals surface area contributed by atoms with E-state index < -0.39 is 0 Å². The van der Waals surface area contributed by atoms with E-state index in [0.717, 1.165) is 48.7 Å². The summed E-state index contributed by atoms with van der Waals surface area (Å²) in [6.45, 7) is 10.4. The Labute approximate surface area is 212 Å². The molecule has 0 unspecified atom stereocenters. The van der Waals surface area contributed by atoms with Crippen molar-refractivity contribution >= 4 is 46.3 Å². The van der Waals surface area contributed by atoms with Gasteiger partial charge in [0.05, 0.1) is 43.0 Å². The summed E-state index contributed by atoms with van der Waals surface area (Å²) in [5, 5.41) is 16.4. The molecule has 0 bridgehead atoms. The minimum atomic E-state index is 0.396. The average molecular weight is 514 g/mol. The van der Waals surface area contributed by atoms with Gasteiger partial charge in [-0.15, -0.1) is 11.8 Å². The summed E-state index contributed by atoms with van der Waals surface area (Å²) in [6.07, 6.45) is 0. The van der Waals surface area contributed by atoms with Crippen molar-refractivity contribution < 1.29 is 0 Å². The molecule has 0 aliphatic heterocycles. The van der Waals surface area contributed by atoms with Crippen LogP contribution in [-0.2, 0) is 0 Å². The highest BCUT2D eigenvalue weighted by Gasteiger charge is 2.21. The zero-order valence-electron chi connectivity index (χ0n) is 18.9. The highest BCUT2D eigenvalue weighted by atomic mass is 35.5. The number of aryl methyl sites for hydroxylation is 2. The Kier molecular flexibility index (Phi) is 6.88. The summed E-state index contributed by atoms with van der Waals surface area (Å²) >= 11 is 15.8. The summed E-state index contributed by atoms with van der Waals surface area (Å²) in [5.41, 5.74) is 7.39. The Morgan fingerprint density at radius 3 is 2.45 bits per heavy atom. The fraction of sp³-hybridized carbons (Fsp3) is 0.240. The molecule has 0 radical (unpaired) electrons. The number of hydrogen-bond acceptors (Lipinski definition) is 5. The van der Waals surface area contributed by atoms with E-state index in [1.807, 2.05) is 49.7 Å². The number of rotatable bonds is 5. The van der Waals surface area contributed by atoms with Crippen LogP contribution < -0.4 is 0 Å². The summed E-state index contributed by atoms with van der Waals surface area (Å²) in [7, 11) is 0. The number of benzene rings is 2. The van der Waals surface area contributed by atoms with Gasteiger partial charge in [0.25, 0.3) is 0 Å². The van der Waals surface area contributed by atoms with E-state index >= 15 is 0 Å². The van der Waals surface area contributed by atoms with Gasteiger partial charge in [0.2, 0.25) is 5.13 Å². The molecule has 2 heterocycles. The maximum Gasteiger partial charge on any atom is 0.212 e. The molecule has 8 heteroatoms. The van der Waals surface area contributed by atoms with Crippen molar-refractivity contribution in [2.75, 3.05) is 0 Å². The van der Waals surface area contributed by atoms with Gasteiger partial charge in [-0.25, -0.2) is 9.67 Å². The minimum absolute atomic E-state index is 0.396. The third-order valence-electron chi connectivity index (χ3n) is 5.09. The average Bonchev–Trinajstić information content (AvgIpc) is 3.29. The lowest BCUT2D eigenvalue weighted by atomic mass is 9.99. The second-order valence-corrected chi connectivity index (χ2v) is 11.7. The van der Waals surface area contributed by atoms with Crippen molar-refractivity contribution in [2.45, 2.75) is 44.1 Å². The predicted octanol–water partition coefficient (Wildman–Crippen LogP) is 8.27. The second kappa shape index (κ2) is 9.52. The summed E-state index contributed by atoms with van der Waals surface area (Å²) in [6, 6.07) is 13.7. The quantitative estimate of drug-likeness (QED) is 0.252. The molecule has 0 aliphatic carbocycles. The molecule has 0 atom stereocenters. The first-order valence-electron chi connectivity index (χ1n) is 10.4. The second-order valence-electron chi connectivity index (χ2n) is 8.09. The molecule has 2 aromatic carbocycles. The lowest BCUT2D eigenvalue weighted by Gasteiger charge is -2.05. The van der Waals surface area contributed by atoms with E-state index in [-0.39, 0.29) is 0 Å². The smallest absolute Gasteiger partial charge is 0.212 e. The zero-order chi connectivity index (χ0) is 23.9. The number of hydrogen-bond donors (Lipinski definition) is 0. The van der Waals surface area contributed by atoms with Crippen LogP contribution in [0.5, 0.6) is 0 Å². The summed E-state index contributed by atoms with van der Waals surface area (Å²) < 4.78 is 3.00. The van der Waals surface area contributed by atoms with Crippen LogP contribution in [0.1, 0.15) is 36.4 Å². The Bertz CT molecular complexity index is 1400. The highest BCUT2D eigenvalue weighted by Crippen LogP contribution is 2.42. The Hall–Kier alpha value is -2.30. The van der Waals surface area contributed by atoms with Crippen molar-refractivity contribution in [1.82, 2.24) is 14.8 Å². The van der Waals surface area contributed by atoms with E-state index in [2.05, 4.69) is 26.0 Å². The first-order chi connectivity index (χ1) is 15.7. The number of aromatic nitrogens is 3. The Morgan fingerprint density at radius 2 is 1.79 bits per heavy atom. The fourth-order valence-electron chi connectivity index (χ4n) is 3.74. The minimum Gasteiger partial charge on any atom is -0.217 e. The molecule has 0 spiro atoms. The monoisotopic (exact) mass is 512 g/mol. The van der Waals surface area contributed by atoms with Gasteiger partial charge in [-0.3, -0.25) is 0 Å². The highest BCUT2D eigenvalue weighted by molar-refractivity contribution is 8.01. The molecule has 0 N–H and O–H groups in total. The molecule has 4 aromatic rings.